The Kier molecular flexibility index (Phi) is 2.16. The van der Waals surface area contributed by atoms with Crippen molar-refractivity contribution in [2.24, 2.45) is 0 Å². The molecule has 0 aromatic rings. The van der Waals surface area contributed by atoms with E-state index in [9.17, 15) is 9.59 Å². The predicted octanol–water partition coefficient (Wildman–Crippen LogP) is -0.347. The summed E-state index contributed by atoms with van der Waals surface area (Å²) in [5, 5.41) is 0. The van der Waals surface area contributed by atoms with Crippen LogP contribution in [0.2, 0.25) is 0 Å². The molecule has 1 aliphatic rings. The SMILES string of the molecule is O=C1CCC(C(=O)NS)O1. The van der Waals surface area contributed by atoms with Crippen LogP contribution in [0.1, 0.15) is 12.8 Å². The van der Waals surface area contributed by atoms with Crippen LogP contribution < -0.4 is 4.72 Å². The zero-order valence-corrected chi connectivity index (χ0v) is 6.06. The molecule has 1 saturated heterocycles. The van der Waals surface area contributed by atoms with Crippen molar-refractivity contribution < 1.29 is 14.3 Å². The van der Waals surface area contributed by atoms with Gasteiger partial charge >= 0.3 is 5.97 Å². The molecule has 0 aliphatic carbocycles. The van der Waals surface area contributed by atoms with Gasteiger partial charge in [-0.2, -0.15) is 0 Å². The molecule has 56 valence electrons. The molecule has 0 aromatic carbocycles. The quantitative estimate of drug-likeness (QED) is 0.408. The number of esters is 1. The standard InChI is InChI=1S/C5H7NO3S/c7-4-2-1-3(9-4)5(8)6-10/h3,10H,1-2H2,(H,6,8). The number of rotatable bonds is 1. The summed E-state index contributed by atoms with van der Waals surface area (Å²) in [4.78, 5) is 21.1. The maximum Gasteiger partial charge on any atom is 0.306 e. The third kappa shape index (κ3) is 1.41. The molecule has 1 rings (SSSR count). The highest BCUT2D eigenvalue weighted by molar-refractivity contribution is 7.78. The van der Waals surface area contributed by atoms with E-state index in [-0.39, 0.29) is 11.9 Å². The van der Waals surface area contributed by atoms with E-state index in [0.29, 0.717) is 12.8 Å². The van der Waals surface area contributed by atoms with E-state index in [4.69, 9.17) is 0 Å². The van der Waals surface area contributed by atoms with Crippen molar-refractivity contribution in [3.8, 4) is 0 Å². The highest BCUT2D eigenvalue weighted by Crippen LogP contribution is 2.13. The second kappa shape index (κ2) is 2.92. The zero-order valence-electron chi connectivity index (χ0n) is 5.16. The third-order valence-electron chi connectivity index (χ3n) is 1.29. The van der Waals surface area contributed by atoms with Crippen LogP contribution in [0.5, 0.6) is 0 Å². The summed E-state index contributed by atoms with van der Waals surface area (Å²) in [6, 6.07) is 0. The van der Waals surface area contributed by atoms with E-state index in [1.807, 2.05) is 0 Å². The average molecular weight is 161 g/mol. The Labute approximate surface area is 63.5 Å². The summed E-state index contributed by atoms with van der Waals surface area (Å²) >= 11 is 3.53. The first-order valence-corrected chi connectivity index (χ1v) is 3.32. The van der Waals surface area contributed by atoms with Crippen LogP contribution in [0.4, 0.5) is 0 Å². The predicted molar refractivity (Wildman–Crippen MR) is 36.2 cm³/mol. The van der Waals surface area contributed by atoms with E-state index >= 15 is 0 Å². The highest BCUT2D eigenvalue weighted by Gasteiger charge is 2.28. The Morgan fingerprint density at radius 2 is 2.50 bits per heavy atom. The molecule has 0 saturated carbocycles. The number of nitrogens with one attached hydrogen (secondary N) is 1. The number of carbonyl (C=O) groups excluding carboxylic acids is 2. The lowest BCUT2D eigenvalue weighted by Crippen LogP contribution is -2.28. The summed E-state index contributed by atoms with van der Waals surface area (Å²) in [6.07, 6.45) is 0.168. The molecule has 0 bridgehead atoms. The molecule has 4 nitrogen and oxygen atoms in total. The molecule has 1 atom stereocenters. The molecule has 5 heteroatoms. The third-order valence-corrected chi connectivity index (χ3v) is 1.51. The van der Waals surface area contributed by atoms with Crippen molar-refractivity contribution in [2.75, 3.05) is 0 Å². The monoisotopic (exact) mass is 161 g/mol. The van der Waals surface area contributed by atoms with Crippen LogP contribution >= 0.6 is 12.8 Å². The van der Waals surface area contributed by atoms with Gasteiger partial charge in [-0.05, 0) is 0 Å². The van der Waals surface area contributed by atoms with Crippen molar-refractivity contribution in [1.29, 1.82) is 0 Å². The van der Waals surface area contributed by atoms with Gasteiger partial charge in [0.2, 0.25) is 0 Å². The van der Waals surface area contributed by atoms with Gasteiger partial charge in [0.1, 0.15) is 0 Å². The van der Waals surface area contributed by atoms with Gasteiger partial charge in [-0.25, -0.2) is 0 Å². The fraction of sp³-hybridized carbons (Fsp3) is 0.600. The van der Waals surface area contributed by atoms with Gasteiger partial charge in [0.25, 0.3) is 5.91 Å². The van der Waals surface area contributed by atoms with Gasteiger partial charge in [-0.15, -0.1) is 0 Å². The largest absolute Gasteiger partial charge is 0.452 e. The summed E-state index contributed by atoms with van der Waals surface area (Å²) in [7, 11) is 0. The van der Waals surface area contributed by atoms with Crippen molar-refractivity contribution in [2.45, 2.75) is 18.9 Å². The summed E-state index contributed by atoms with van der Waals surface area (Å²) < 4.78 is 6.72. The molecule has 1 fully saturated rings. The number of carbonyl (C=O) groups is 2. The van der Waals surface area contributed by atoms with Crippen LogP contribution in [0.25, 0.3) is 0 Å². The second-order valence-electron chi connectivity index (χ2n) is 1.99. The zero-order chi connectivity index (χ0) is 7.56. The lowest BCUT2D eigenvalue weighted by Gasteiger charge is -2.04. The fourth-order valence-corrected chi connectivity index (χ4v) is 0.926. The first-order chi connectivity index (χ1) is 4.74. The lowest BCUT2D eigenvalue weighted by molar-refractivity contribution is -0.147. The maximum atomic E-state index is 10.7. The van der Waals surface area contributed by atoms with Crippen LogP contribution in [-0.4, -0.2) is 18.0 Å². The Hall–Kier alpha value is -0.710. The molecule has 1 heterocycles. The first-order valence-electron chi connectivity index (χ1n) is 2.87. The lowest BCUT2D eigenvalue weighted by atomic mass is 10.2. The molecule has 0 radical (unpaired) electrons. The molecule has 1 aliphatic heterocycles. The van der Waals surface area contributed by atoms with Gasteiger partial charge < -0.3 is 4.74 Å². The minimum absolute atomic E-state index is 0.318. The molecule has 1 N–H and O–H groups in total. The van der Waals surface area contributed by atoms with E-state index < -0.39 is 6.10 Å². The van der Waals surface area contributed by atoms with Crippen LogP contribution in [0.15, 0.2) is 0 Å². The second-order valence-corrected chi connectivity index (χ2v) is 2.22. The maximum absolute atomic E-state index is 10.7. The summed E-state index contributed by atoms with van der Waals surface area (Å²) in [5.74, 6) is -0.670. The molecule has 1 unspecified atom stereocenters. The normalized spacial score (nSPS) is 24.1. The average Bonchev–Trinajstić information content (AvgIpc) is 2.34. The number of hydrogen-bond acceptors (Lipinski definition) is 4. The minimum atomic E-state index is -0.620. The smallest absolute Gasteiger partial charge is 0.306 e. The van der Waals surface area contributed by atoms with E-state index in [1.54, 1.807) is 0 Å². The molecule has 0 aromatic heterocycles. The molecule has 0 spiro atoms. The first kappa shape index (κ1) is 7.40. The number of ether oxygens (including phenoxy) is 1. The number of cyclic esters (lactones) is 1. The minimum Gasteiger partial charge on any atom is -0.452 e. The van der Waals surface area contributed by atoms with Crippen molar-refractivity contribution >= 4 is 24.7 Å². The van der Waals surface area contributed by atoms with Gasteiger partial charge in [-0.3, -0.25) is 14.3 Å². The van der Waals surface area contributed by atoms with Crippen molar-refractivity contribution in [3.63, 3.8) is 0 Å². The van der Waals surface area contributed by atoms with E-state index in [0.717, 1.165) is 0 Å². The van der Waals surface area contributed by atoms with Crippen molar-refractivity contribution in [1.82, 2.24) is 4.72 Å². The van der Waals surface area contributed by atoms with Crippen LogP contribution in [0.3, 0.4) is 0 Å². The number of thiol groups is 1. The molecular weight excluding hydrogens is 154 g/mol. The van der Waals surface area contributed by atoms with Gasteiger partial charge in [0.15, 0.2) is 6.10 Å². The van der Waals surface area contributed by atoms with Gasteiger partial charge in [0, 0.05) is 12.8 Å². The van der Waals surface area contributed by atoms with Gasteiger partial charge in [0.05, 0.1) is 0 Å². The van der Waals surface area contributed by atoms with E-state index in [2.05, 4.69) is 22.3 Å². The summed E-state index contributed by atoms with van der Waals surface area (Å²) in [6.45, 7) is 0. The molecular formula is C5H7NO3S. The van der Waals surface area contributed by atoms with Crippen LogP contribution in [0, 0.1) is 0 Å². The van der Waals surface area contributed by atoms with Crippen molar-refractivity contribution in [3.05, 3.63) is 0 Å². The number of amides is 1. The Bertz CT molecular complexity index is 170. The van der Waals surface area contributed by atoms with Crippen LogP contribution in [-0.2, 0) is 14.3 Å². The molecule has 10 heavy (non-hydrogen) atoms. The Balaban J connectivity index is 2.44. The van der Waals surface area contributed by atoms with E-state index in [1.165, 1.54) is 0 Å². The Morgan fingerprint density at radius 3 is 2.90 bits per heavy atom. The molecule has 1 amide bonds. The summed E-state index contributed by atoms with van der Waals surface area (Å²) in [5.41, 5.74) is 0. The topological polar surface area (TPSA) is 55.4 Å². The fourth-order valence-electron chi connectivity index (χ4n) is 0.782. The highest BCUT2D eigenvalue weighted by atomic mass is 32.1. The Morgan fingerprint density at radius 1 is 1.80 bits per heavy atom. The number of hydrogen-bond donors (Lipinski definition) is 2. The van der Waals surface area contributed by atoms with Gasteiger partial charge in [-0.1, -0.05) is 12.8 Å².